The number of nitrogens with one attached hydrogen (secondary N) is 1. The predicted octanol–water partition coefficient (Wildman–Crippen LogP) is 5.27. The van der Waals surface area contributed by atoms with Crippen LogP contribution in [-0.2, 0) is 16.2 Å². The minimum atomic E-state index is -4.56. The van der Waals surface area contributed by atoms with E-state index in [1.165, 1.54) is 34.6 Å². The van der Waals surface area contributed by atoms with E-state index in [1.807, 2.05) is 6.07 Å². The maximum absolute atomic E-state index is 13.4. The average molecular weight is 490 g/mol. The molecular weight excluding hydrogens is 467 g/mol. The molecule has 1 aliphatic heterocycles. The number of carbonyl (C=O) groups is 1. The second-order valence-corrected chi connectivity index (χ2v) is 9.86. The Morgan fingerprint density at radius 2 is 1.79 bits per heavy atom. The van der Waals surface area contributed by atoms with Crippen LogP contribution in [-0.4, -0.2) is 30.2 Å². The van der Waals surface area contributed by atoms with Crippen molar-refractivity contribution in [2.75, 3.05) is 11.9 Å². The quantitative estimate of drug-likeness (QED) is 0.530. The Hall–Kier alpha value is -3.24. The molecule has 1 aromatic heterocycles. The molecule has 2 aromatic carbocycles. The van der Waals surface area contributed by atoms with Gasteiger partial charge in [0, 0.05) is 30.2 Å². The molecule has 0 unspecified atom stereocenters. The maximum Gasteiger partial charge on any atom is 0.416 e. The van der Waals surface area contributed by atoms with Crippen LogP contribution in [0.2, 0.25) is 0 Å². The van der Waals surface area contributed by atoms with Gasteiger partial charge >= 0.3 is 6.18 Å². The van der Waals surface area contributed by atoms with E-state index in [0.29, 0.717) is 13.0 Å². The Morgan fingerprint density at radius 3 is 2.47 bits per heavy atom. The molecule has 1 aliphatic rings. The SMILES string of the molecule is O=C(Nc1ccc(S(=O)(=O)N2CCCC[C@H]2c2cccnc2)cc1)c1cccc(C(F)(F)F)c1. The van der Waals surface area contributed by atoms with Gasteiger partial charge in [0.25, 0.3) is 5.91 Å². The van der Waals surface area contributed by atoms with E-state index < -0.39 is 27.7 Å². The van der Waals surface area contributed by atoms with Gasteiger partial charge in [-0.15, -0.1) is 0 Å². The Kier molecular flexibility index (Phi) is 6.72. The van der Waals surface area contributed by atoms with E-state index in [2.05, 4.69) is 10.3 Å². The lowest BCUT2D eigenvalue weighted by Gasteiger charge is -2.34. The van der Waals surface area contributed by atoms with Crippen molar-refractivity contribution in [1.82, 2.24) is 9.29 Å². The second kappa shape index (κ2) is 9.55. The summed E-state index contributed by atoms with van der Waals surface area (Å²) in [5.74, 6) is -0.727. The first-order valence-corrected chi connectivity index (χ1v) is 12.1. The van der Waals surface area contributed by atoms with Gasteiger partial charge in [-0.1, -0.05) is 18.6 Å². The molecule has 3 aromatic rings. The van der Waals surface area contributed by atoms with Crippen LogP contribution in [0.15, 0.2) is 78.0 Å². The lowest BCUT2D eigenvalue weighted by Crippen LogP contribution is -2.38. The van der Waals surface area contributed by atoms with Crippen molar-refractivity contribution >= 4 is 21.6 Å². The first kappa shape index (κ1) is 23.9. The zero-order chi connectivity index (χ0) is 24.3. The summed E-state index contributed by atoms with van der Waals surface area (Å²) >= 11 is 0. The van der Waals surface area contributed by atoms with E-state index in [-0.39, 0.29) is 22.2 Å². The number of carbonyl (C=O) groups excluding carboxylic acids is 1. The largest absolute Gasteiger partial charge is 0.416 e. The van der Waals surface area contributed by atoms with E-state index >= 15 is 0 Å². The summed E-state index contributed by atoms with van der Waals surface area (Å²) < 4.78 is 66.9. The first-order chi connectivity index (χ1) is 16.2. The second-order valence-electron chi connectivity index (χ2n) is 7.97. The number of piperidine rings is 1. The third kappa shape index (κ3) is 5.13. The highest BCUT2D eigenvalue weighted by molar-refractivity contribution is 7.89. The molecule has 0 saturated carbocycles. The fraction of sp³-hybridized carbons (Fsp3) is 0.250. The van der Waals surface area contributed by atoms with E-state index in [9.17, 15) is 26.4 Å². The number of benzene rings is 2. The van der Waals surface area contributed by atoms with Crippen LogP contribution in [0.4, 0.5) is 18.9 Å². The number of halogens is 3. The summed E-state index contributed by atoms with van der Waals surface area (Å²) in [5.41, 5.74) is 0.0185. The molecule has 1 fully saturated rings. The zero-order valence-corrected chi connectivity index (χ0v) is 18.8. The van der Waals surface area contributed by atoms with Crippen molar-refractivity contribution in [3.05, 3.63) is 89.7 Å². The minimum absolute atomic E-state index is 0.0698. The van der Waals surface area contributed by atoms with Crippen molar-refractivity contribution in [2.24, 2.45) is 0 Å². The number of hydrogen-bond acceptors (Lipinski definition) is 4. The molecule has 2 heterocycles. The Bertz CT molecular complexity index is 1260. The third-order valence-corrected chi connectivity index (χ3v) is 7.62. The van der Waals surface area contributed by atoms with Crippen LogP contribution in [0.3, 0.4) is 0 Å². The standard InChI is InChI=1S/C24H22F3N3O3S/c25-24(26,27)19-7-3-5-17(15-19)23(31)29-20-9-11-21(12-10-20)34(32,33)30-14-2-1-8-22(30)18-6-4-13-28-16-18/h3-7,9-13,15-16,22H,1-2,8,14H2,(H,29,31)/t22-/m0/s1. The normalized spacial score (nSPS) is 17.3. The third-order valence-electron chi connectivity index (χ3n) is 5.69. The molecule has 1 N–H and O–H groups in total. The van der Waals surface area contributed by atoms with Crippen LogP contribution in [0, 0.1) is 0 Å². The number of alkyl halides is 3. The van der Waals surface area contributed by atoms with Gasteiger partial charge in [-0.2, -0.15) is 17.5 Å². The summed E-state index contributed by atoms with van der Waals surface area (Å²) in [6.45, 7) is 0.385. The number of amides is 1. The van der Waals surface area contributed by atoms with E-state index in [1.54, 1.807) is 18.5 Å². The molecule has 1 amide bonds. The molecule has 178 valence electrons. The molecule has 10 heteroatoms. The van der Waals surface area contributed by atoms with Crippen molar-refractivity contribution in [2.45, 2.75) is 36.4 Å². The van der Waals surface area contributed by atoms with Gasteiger partial charge in [-0.05, 0) is 66.9 Å². The molecule has 0 bridgehead atoms. The van der Waals surface area contributed by atoms with Crippen LogP contribution in [0.1, 0.15) is 46.8 Å². The van der Waals surface area contributed by atoms with Crippen LogP contribution < -0.4 is 5.32 Å². The average Bonchev–Trinajstić information content (AvgIpc) is 2.84. The number of hydrogen-bond donors (Lipinski definition) is 1. The van der Waals surface area contributed by atoms with Gasteiger partial charge in [0.2, 0.25) is 10.0 Å². The molecule has 34 heavy (non-hydrogen) atoms. The van der Waals surface area contributed by atoms with Gasteiger partial charge in [0.15, 0.2) is 0 Å². The summed E-state index contributed by atoms with van der Waals surface area (Å²) in [7, 11) is -3.81. The lowest BCUT2D eigenvalue weighted by atomic mass is 9.99. The van der Waals surface area contributed by atoms with E-state index in [4.69, 9.17) is 0 Å². The van der Waals surface area contributed by atoms with Crippen LogP contribution in [0.5, 0.6) is 0 Å². The zero-order valence-electron chi connectivity index (χ0n) is 18.0. The Balaban J connectivity index is 1.52. The lowest BCUT2D eigenvalue weighted by molar-refractivity contribution is -0.137. The smallest absolute Gasteiger partial charge is 0.322 e. The first-order valence-electron chi connectivity index (χ1n) is 10.7. The highest BCUT2D eigenvalue weighted by Crippen LogP contribution is 2.35. The fourth-order valence-electron chi connectivity index (χ4n) is 3.98. The topological polar surface area (TPSA) is 79.4 Å². The summed E-state index contributed by atoms with van der Waals surface area (Å²) in [6.07, 6.45) is 1.10. The molecule has 4 rings (SSSR count). The number of nitrogens with zero attached hydrogens (tertiary/aromatic N) is 2. The van der Waals surface area contributed by atoms with E-state index in [0.717, 1.165) is 36.6 Å². The minimum Gasteiger partial charge on any atom is -0.322 e. The highest BCUT2D eigenvalue weighted by atomic mass is 32.2. The fourth-order valence-corrected chi connectivity index (χ4v) is 5.67. The van der Waals surface area contributed by atoms with Crippen molar-refractivity contribution in [3.63, 3.8) is 0 Å². The number of pyridine rings is 1. The molecule has 1 atom stereocenters. The maximum atomic E-state index is 13.4. The van der Waals surface area contributed by atoms with Crippen molar-refractivity contribution < 1.29 is 26.4 Å². The van der Waals surface area contributed by atoms with Gasteiger partial charge in [-0.25, -0.2) is 8.42 Å². The number of anilines is 1. The van der Waals surface area contributed by atoms with Crippen LogP contribution >= 0.6 is 0 Å². The summed E-state index contributed by atoms with van der Waals surface area (Å²) in [5, 5.41) is 2.51. The molecule has 0 radical (unpaired) electrons. The monoisotopic (exact) mass is 489 g/mol. The Labute approximate surface area is 195 Å². The molecule has 6 nitrogen and oxygen atoms in total. The Morgan fingerprint density at radius 1 is 1.03 bits per heavy atom. The van der Waals surface area contributed by atoms with Crippen molar-refractivity contribution in [1.29, 1.82) is 0 Å². The molecular formula is C24H22F3N3O3S. The summed E-state index contributed by atoms with van der Waals surface area (Å²) in [4.78, 5) is 16.6. The van der Waals surface area contributed by atoms with Gasteiger partial charge < -0.3 is 5.32 Å². The van der Waals surface area contributed by atoms with Gasteiger partial charge in [-0.3, -0.25) is 9.78 Å². The van der Waals surface area contributed by atoms with Crippen LogP contribution in [0.25, 0.3) is 0 Å². The number of aromatic nitrogens is 1. The molecule has 0 aliphatic carbocycles. The molecule has 1 saturated heterocycles. The number of rotatable bonds is 5. The predicted molar refractivity (Wildman–Crippen MR) is 121 cm³/mol. The van der Waals surface area contributed by atoms with Crippen molar-refractivity contribution in [3.8, 4) is 0 Å². The molecule has 0 spiro atoms. The number of sulfonamides is 1. The van der Waals surface area contributed by atoms with Gasteiger partial charge in [0.1, 0.15) is 0 Å². The summed E-state index contributed by atoms with van der Waals surface area (Å²) in [6, 6.07) is 13.0. The highest BCUT2D eigenvalue weighted by Gasteiger charge is 2.34. The van der Waals surface area contributed by atoms with Gasteiger partial charge in [0.05, 0.1) is 16.5 Å².